The van der Waals surface area contributed by atoms with Gasteiger partial charge in [0.2, 0.25) is 21.8 Å². The number of benzene rings is 1. The largest absolute Gasteiger partial charge is 0.496 e. The number of pyridine rings is 1. The van der Waals surface area contributed by atoms with Crippen molar-refractivity contribution in [1.82, 2.24) is 35.1 Å². The number of aryl methyl sites for hydroxylation is 1. The molecule has 7 atom stereocenters. The van der Waals surface area contributed by atoms with E-state index in [2.05, 4.69) is 29.2 Å². The van der Waals surface area contributed by atoms with Crippen molar-refractivity contribution in [3.63, 3.8) is 0 Å². The van der Waals surface area contributed by atoms with Gasteiger partial charge in [0.25, 0.3) is 5.91 Å². The topological polar surface area (TPSA) is 198 Å². The van der Waals surface area contributed by atoms with Crippen LogP contribution in [0.3, 0.4) is 0 Å². The number of hydrogen-bond acceptors (Lipinski definition) is 12. The normalized spacial score (nSPS) is 28.6. The summed E-state index contributed by atoms with van der Waals surface area (Å²) in [7, 11) is -2.31. The Kier molecular flexibility index (Phi) is 12.8. The standard InChI is InChI=1S/C45H59N7O9S2/c1-25(2)35-24-62-41(47-35)34-19-38(32-16-17-37(59-6)28(5)39(32)46-34)61-30-18-36-40(53)49-45(43(55)50-63(57,58)31-14-15-31)20-29(45)12-10-8-7-9-11-13-33(42(54)52(36)23-30)48-44(56)51-21-26(3)60-27(4)22-51/h10,12,16-17,19,24-27,29-31,33,36H,7-9,11,13-15,18,20-23H2,1-6H3,(H,48,56)(H,49,53)(H,50,55)/b12-10+/t26-,27+,29-,30-,33+,36+,45-/m1/s1. The van der Waals surface area contributed by atoms with Crippen molar-refractivity contribution in [2.45, 2.75) is 140 Å². The van der Waals surface area contributed by atoms with Gasteiger partial charge in [0.1, 0.15) is 45.9 Å². The Morgan fingerprint density at radius 3 is 2.49 bits per heavy atom. The molecule has 0 bridgehead atoms. The molecule has 2 saturated carbocycles. The number of aromatic nitrogens is 2. The van der Waals surface area contributed by atoms with E-state index < -0.39 is 62.6 Å². The van der Waals surface area contributed by atoms with Crippen LogP contribution in [0.15, 0.2) is 35.7 Å². The average molecular weight is 906 g/mol. The van der Waals surface area contributed by atoms with Crippen molar-refractivity contribution in [2.24, 2.45) is 5.92 Å². The number of amides is 5. The SMILES string of the molecule is COc1ccc2c(O[C@@H]3C[C@H]4C(=O)N[C@]5(C(=O)NS(=O)(=O)C6CC6)C[C@H]5/C=C/CCCCC[C@H](NC(=O)N5C[C@@H](C)O[C@@H](C)C5)C(=O)N4C3)cc(-c3nc(C(C)C)cs3)nc2c1C. The van der Waals surface area contributed by atoms with Gasteiger partial charge in [-0.05, 0) is 77.3 Å². The fourth-order valence-electron chi connectivity index (χ4n) is 9.09. The number of sulfonamides is 1. The molecular formula is C45H59N7O9S2. The summed E-state index contributed by atoms with van der Waals surface area (Å²) >= 11 is 1.48. The number of fused-ring (bicyclic) bond motifs is 3. The number of carbonyl (C=O) groups is 4. The molecular weight excluding hydrogens is 847 g/mol. The minimum atomic E-state index is -3.92. The summed E-state index contributed by atoms with van der Waals surface area (Å²) < 4.78 is 46.7. The highest BCUT2D eigenvalue weighted by Crippen LogP contribution is 2.46. The second-order valence-electron chi connectivity index (χ2n) is 18.2. The van der Waals surface area contributed by atoms with Gasteiger partial charge in [-0.2, -0.15) is 0 Å². The monoisotopic (exact) mass is 905 g/mol. The zero-order valence-corrected chi connectivity index (χ0v) is 38.5. The fraction of sp³-hybridized carbons (Fsp3) is 0.600. The van der Waals surface area contributed by atoms with Crippen molar-refractivity contribution in [2.75, 3.05) is 26.7 Å². The molecule has 0 radical (unpaired) electrons. The van der Waals surface area contributed by atoms with E-state index in [0.717, 1.165) is 24.1 Å². The molecule has 1 aromatic carbocycles. The van der Waals surface area contributed by atoms with E-state index >= 15 is 0 Å². The summed E-state index contributed by atoms with van der Waals surface area (Å²) in [6.07, 6.45) is 7.25. The van der Waals surface area contributed by atoms with Crippen LogP contribution in [-0.4, -0.2) is 120 Å². The number of nitrogens with zero attached hydrogens (tertiary/aromatic N) is 4. The highest BCUT2D eigenvalue weighted by Gasteiger charge is 2.62. The molecule has 3 aliphatic heterocycles. The number of urea groups is 1. The van der Waals surface area contributed by atoms with Crippen LogP contribution < -0.4 is 24.8 Å². The molecule has 3 N–H and O–H groups in total. The van der Waals surface area contributed by atoms with Crippen LogP contribution in [0.1, 0.15) is 103 Å². The molecule has 5 amide bonds. The van der Waals surface area contributed by atoms with Gasteiger partial charge < -0.3 is 34.6 Å². The third-order valence-electron chi connectivity index (χ3n) is 12.8. The summed E-state index contributed by atoms with van der Waals surface area (Å²) in [5, 5.41) is 8.77. The lowest BCUT2D eigenvalue weighted by Gasteiger charge is -2.36. The summed E-state index contributed by atoms with van der Waals surface area (Å²) in [5.74, 6) is -0.920. The summed E-state index contributed by atoms with van der Waals surface area (Å²) in [6.45, 7) is 10.6. The Balaban J connectivity index is 1.14. The lowest BCUT2D eigenvalue weighted by Crippen LogP contribution is -2.59. The third kappa shape index (κ3) is 9.53. The molecule has 340 valence electrons. The summed E-state index contributed by atoms with van der Waals surface area (Å²) in [6, 6.07) is 3.09. The molecule has 5 aliphatic rings. The zero-order valence-electron chi connectivity index (χ0n) is 36.8. The van der Waals surface area contributed by atoms with Gasteiger partial charge in [0.05, 0.1) is 42.3 Å². The molecule has 4 fully saturated rings. The molecule has 0 spiro atoms. The molecule has 16 nitrogen and oxygen atoms in total. The first-order chi connectivity index (χ1) is 30.1. The lowest BCUT2D eigenvalue weighted by molar-refractivity contribution is -0.141. The molecule has 63 heavy (non-hydrogen) atoms. The van der Waals surface area contributed by atoms with Gasteiger partial charge in [-0.3, -0.25) is 19.1 Å². The van der Waals surface area contributed by atoms with Gasteiger partial charge in [0, 0.05) is 47.8 Å². The summed E-state index contributed by atoms with van der Waals surface area (Å²) in [4.78, 5) is 70.6. The van der Waals surface area contributed by atoms with E-state index in [0.29, 0.717) is 78.3 Å². The highest BCUT2D eigenvalue weighted by molar-refractivity contribution is 7.91. The first-order valence-corrected chi connectivity index (χ1v) is 24.7. The van der Waals surface area contributed by atoms with E-state index in [-0.39, 0.29) is 43.5 Å². The second kappa shape index (κ2) is 18.0. The van der Waals surface area contributed by atoms with Crippen LogP contribution in [0.25, 0.3) is 21.6 Å². The minimum absolute atomic E-state index is 0.00344. The number of methoxy groups -OCH3 is 1. The van der Waals surface area contributed by atoms with E-state index in [1.165, 1.54) is 16.2 Å². The molecule has 3 aromatic rings. The first kappa shape index (κ1) is 44.8. The molecule has 8 rings (SSSR count). The average Bonchev–Trinajstić information content (AvgIpc) is 4.11. The summed E-state index contributed by atoms with van der Waals surface area (Å²) in [5.41, 5.74) is 1.48. The number of ether oxygens (including phenoxy) is 3. The number of rotatable bonds is 9. The van der Waals surface area contributed by atoms with Gasteiger partial charge in [-0.15, -0.1) is 11.3 Å². The third-order valence-corrected chi connectivity index (χ3v) is 15.5. The van der Waals surface area contributed by atoms with Crippen molar-refractivity contribution in [3.05, 3.63) is 47.0 Å². The van der Waals surface area contributed by atoms with E-state index in [9.17, 15) is 27.6 Å². The zero-order chi connectivity index (χ0) is 44.8. The molecule has 5 heterocycles. The fourth-order valence-corrected chi connectivity index (χ4v) is 11.4. The predicted octanol–water partition coefficient (Wildman–Crippen LogP) is 5.34. The Bertz CT molecular complexity index is 2390. The molecule has 2 aliphatic carbocycles. The van der Waals surface area contributed by atoms with Crippen LogP contribution in [0.5, 0.6) is 11.5 Å². The number of hydrogen-bond donors (Lipinski definition) is 3. The first-order valence-electron chi connectivity index (χ1n) is 22.2. The second-order valence-corrected chi connectivity index (χ2v) is 21.0. The van der Waals surface area contributed by atoms with Crippen molar-refractivity contribution in [3.8, 4) is 22.2 Å². The maximum Gasteiger partial charge on any atom is 0.318 e. The van der Waals surface area contributed by atoms with Crippen LogP contribution in [0.4, 0.5) is 4.79 Å². The Hall–Kier alpha value is -4.81. The van der Waals surface area contributed by atoms with Crippen LogP contribution in [0, 0.1) is 12.8 Å². The van der Waals surface area contributed by atoms with Gasteiger partial charge in [-0.1, -0.05) is 38.8 Å². The Labute approximate surface area is 372 Å². The minimum Gasteiger partial charge on any atom is -0.496 e. The van der Waals surface area contributed by atoms with E-state index in [1.54, 1.807) is 12.0 Å². The van der Waals surface area contributed by atoms with Crippen LogP contribution >= 0.6 is 11.3 Å². The van der Waals surface area contributed by atoms with Gasteiger partial charge >= 0.3 is 6.03 Å². The lowest BCUT2D eigenvalue weighted by atomic mass is 10.0. The molecule has 2 aromatic heterocycles. The number of allylic oxidation sites excluding steroid dienone is 1. The van der Waals surface area contributed by atoms with Gasteiger partial charge in [-0.25, -0.2) is 23.2 Å². The maximum atomic E-state index is 15.0. The van der Waals surface area contributed by atoms with Crippen LogP contribution in [0.2, 0.25) is 0 Å². The number of nitrogens with one attached hydrogen (secondary N) is 3. The quantitative estimate of drug-likeness (QED) is 0.235. The molecule has 18 heteroatoms. The number of carbonyl (C=O) groups excluding carboxylic acids is 4. The molecule has 2 saturated heterocycles. The maximum absolute atomic E-state index is 15.0. The Morgan fingerprint density at radius 1 is 1.03 bits per heavy atom. The van der Waals surface area contributed by atoms with E-state index in [1.807, 2.05) is 56.5 Å². The Morgan fingerprint density at radius 2 is 1.79 bits per heavy atom. The van der Waals surface area contributed by atoms with E-state index in [4.69, 9.17) is 24.2 Å². The highest BCUT2D eigenvalue weighted by atomic mass is 32.2. The van der Waals surface area contributed by atoms with Gasteiger partial charge in [0.15, 0.2) is 0 Å². The number of morpholine rings is 1. The van der Waals surface area contributed by atoms with Crippen molar-refractivity contribution >= 4 is 56.0 Å². The van der Waals surface area contributed by atoms with Crippen molar-refractivity contribution in [1.29, 1.82) is 0 Å². The number of thiazole rings is 1. The molecule has 0 unspecified atom stereocenters. The predicted molar refractivity (Wildman–Crippen MR) is 238 cm³/mol. The van der Waals surface area contributed by atoms with Crippen LogP contribution in [-0.2, 0) is 29.1 Å². The van der Waals surface area contributed by atoms with Crippen molar-refractivity contribution < 1.29 is 41.8 Å². The smallest absolute Gasteiger partial charge is 0.318 e.